The number of aryl methyl sites for hydroxylation is 1. The molecule has 3 nitrogen and oxygen atoms in total. The second kappa shape index (κ2) is 3.93. The van der Waals surface area contributed by atoms with E-state index in [0.717, 1.165) is 36.2 Å². The van der Waals surface area contributed by atoms with Crippen LogP contribution in [0.3, 0.4) is 0 Å². The fourth-order valence-electron chi connectivity index (χ4n) is 2.02. The number of methoxy groups -OCH3 is 1. The molecule has 2 rings (SSSR count). The molecule has 1 heterocycles. The van der Waals surface area contributed by atoms with Crippen molar-refractivity contribution in [2.24, 2.45) is 0 Å². The first-order chi connectivity index (χ1) is 7.22. The molecule has 0 fully saturated rings. The average Bonchev–Trinajstić information content (AvgIpc) is 2.26. The largest absolute Gasteiger partial charge is 0.465 e. The Morgan fingerprint density at radius 1 is 1.47 bits per heavy atom. The fourth-order valence-corrected chi connectivity index (χ4v) is 2.02. The Kier molecular flexibility index (Phi) is 2.62. The second-order valence-corrected chi connectivity index (χ2v) is 3.86. The van der Waals surface area contributed by atoms with E-state index in [1.165, 1.54) is 7.11 Å². The van der Waals surface area contributed by atoms with Gasteiger partial charge in [-0.05, 0) is 43.0 Å². The number of hydrogen-bond donors (Lipinski definition) is 1. The number of ether oxygens (including phenoxy) is 1. The van der Waals surface area contributed by atoms with Gasteiger partial charge in [-0.15, -0.1) is 0 Å². The summed E-state index contributed by atoms with van der Waals surface area (Å²) in [6, 6.07) is 3.98. The van der Waals surface area contributed by atoms with Crippen molar-refractivity contribution in [3.8, 4) is 0 Å². The second-order valence-electron chi connectivity index (χ2n) is 3.86. The highest BCUT2D eigenvalue weighted by molar-refractivity contribution is 5.93. The van der Waals surface area contributed by atoms with Gasteiger partial charge in [0.15, 0.2) is 0 Å². The van der Waals surface area contributed by atoms with E-state index in [2.05, 4.69) is 11.4 Å². The van der Waals surface area contributed by atoms with Crippen molar-refractivity contribution in [3.63, 3.8) is 0 Å². The lowest BCUT2D eigenvalue weighted by molar-refractivity contribution is 0.0599. The number of fused-ring (bicyclic) bond motifs is 1. The van der Waals surface area contributed by atoms with Crippen molar-refractivity contribution in [2.75, 3.05) is 19.0 Å². The van der Waals surface area contributed by atoms with Gasteiger partial charge < -0.3 is 10.1 Å². The van der Waals surface area contributed by atoms with Crippen LogP contribution in [0.25, 0.3) is 0 Å². The van der Waals surface area contributed by atoms with Gasteiger partial charge in [-0.1, -0.05) is 0 Å². The van der Waals surface area contributed by atoms with Crippen LogP contribution in [-0.2, 0) is 11.2 Å². The molecule has 0 aliphatic carbocycles. The maximum Gasteiger partial charge on any atom is 0.338 e. The Balaban J connectivity index is 2.52. The molecule has 1 aromatic carbocycles. The number of nitrogens with one attached hydrogen (secondary N) is 1. The van der Waals surface area contributed by atoms with Gasteiger partial charge in [0, 0.05) is 12.2 Å². The van der Waals surface area contributed by atoms with E-state index in [9.17, 15) is 4.79 Å². The highest BCUT2D eigenvalue weighted by atomic mass is 16.5. The van der Waals surface area contributed by atoms with E-state index in [1.54, 1.807) is 0 Å². The zero-order chi connectivity index (χ0) is 10.8. The summed E-state index contributed by atoms with van der Waals surface area (Å²) in [5.41, 5.74) is 3.98. The van der Waals surface area contributed by atoms with Gasteiger partial charge in [0.05, 0.1) is 12.7 Å². The maximum absolute atomic E-state index is 11.6. The summed E-state index contributed by atoms with van der Waals surface area (Å²) in [6.45, 7) is 2.97. The van der Waals surface area contributed by atoms with Gasteiger partial charge in [0.1, 0.15) is 0 Å². The van der Waals surface area contributed by atoms with Crippen LogP contribution >= 0.6 is 0 Å². The third-order valence-electron chi connectivity index (χ3n) is 2.72. The summed E-state index contributed by atoms with van der Waals surface area (Å²) in [5.74, 6) is -0.237. The number of esters is 1. The molecule has 1 aromatic rings. The predicted molar refractivity (Wildman–Crippen MR) is 59.3 cm³/mol. The van der Waals surface area contributed by atoms with Gasteiger partial charge >= 0.3 is 5.97 Å². The minimum atomic E-state index is -0.237. The summed E-state index contributed by atoms with van der Waals surface area (Å²) >= 11 is 0. The van der Waals surface area contributed by atoms with Crippen LogP contribution in [0.5, 0.6) is 0 Å². The Morgan fingerprint density at radius 2 is 2.27 bits per heavy atom. The molecule has 0 saturated carbocycles. The van der Waals surface area contributed by atoms with Crippen LogP contribution in [0.15, 0.2) is 12.1 Å². The zero-order valence-electron chi connectivity index (χ0n) is 9.09. The SMILES string of the molecule is COC(=O)c1cc(C)cc2c1CCCN2. The Bertz CT molecular complexity index is 399. The summed E-state index contributed by atoms with van der Waals surface area (Å²) in [5, 5.41) is 3.32. The first-order valence-corrected chi connectivity index (χ1v) is 5.18. The minimum absolute atomic E-state index is 0.237. The number of benzene rings is 1. The molecule has 1 aliphatic rings. The van der Waals surface area contributed by atoms with Gasteiger partial charge in [-0.3, -0.25) is 0 Å². The Labute approximate surface area is 89.4 Å². The summed E-state index contributed by atoms with van der Waals surface area (Å²) in [4.78, 5) is 11.6. The van der Waals surface area contributed by atoms with Crippen LogP contribution < -0.4 is 5.32 Å². The van der Waals surface area contributed by atoms with E-state index in [-0.39, 0.29) is 5.97 Å². The van der Waals surface area contributed by atoms with Gasteiger partial charge in [-0.2, -0.15) is 0 Å². The molecule has 0 bridgehead atoms. The first-order valence-electron chi connectivity index (χ1n) is 5.18. The monoisotopic (exact) mass is 205 g/mol. The van der Waals surface area contributed by atoms with E-state index in [4.69, 9.17) is 4.74 Å². The molecule has 15 heavy (non-hydrogen) atoms. The van der Waals surface area contributed by atoms with Gasteiger partial charge in [0.2, 0.25) is 0 Å². The van der Waals surface area contributed by atoms with Crippen LogP contribution in [0.1, 0.15) is 27.9 Å². The number of carbonyl (C=O) groups excluding carboxylic acids is 1. The molecule has 0 spiro atoms. The number of carbonyl (C=O) groups is 1. The van der Waals surface area contributed by atoms with Crippen LogP contribution in [0, 0.1) is 6.92 Å². The lowest BCUT2D eigenvalue weighted by atomic mass is 9.95. The van der Waals surface area contributed by atoms with Crippen molar-refractivity contribution in [3.05, 3.63) is 28.8 Å². The van der Waals surface area contributed by atoms with Crippen molar-refractivity contribution >= 4 is 11.7 Å². The molecule has 3 heteroatoms. The summed E-state index contributed by atoms with van der Waals surface area (Å²) < 4.78 is 4.79. The highest BCUT2D eigenvalue weighted by Crippen LogP contribution is 2.27. The maximum atomic E-state index is 11.6. The van der Waals surface area contributed by atoms with Crippen LogP contribution in [0.4, 0.5) is 5.69 Å². The highest BCUT2D eigenvalue weighted by Gasteiger charge is 2.18. The lowest BCUT2D eigenvalue weighted by Crippen LogP contribution is -2.16. The average molecular weight is 205 g/mol. The molecule has 0 atom stereocenters. The van der Waals surface area contributed by atoms with E-state index in [0.29, 0.717) is 5.56 Å². The van der Waals surface area contributed by atoms with Gasteiger partial charge in [0.25, 0.3) is 0 Å². The third-order valence-corrected chi connectivity index (χ3v) is 2.72. The smallest absolute Gasteiger partial charge is 0.338 e. The minimum Gasteiger partial charge on any atom is -0.465 e. The van der Waals surface area contributed by atoms with Crippen molar-refractivity contribution < 1.29 is 9.53 Å². The molecule has 0 amide bonds. The van der Waals surface area contributed by atoms with Gasteiger partial charge in [-0.25, -0.2) is 4.79 Å². The first kappa shape index (κ1) is 10.0. The predicted octanol–water partition coefficient (Wildman–Crippen LogP) is 2.14. The lowest BCUT2D eigenvalue weighted by Gasteiger charge is -2.20. The van der Waals surface area contributed by atoms with Crippen LogP contribution in [-0.4, -0.2) is 19.6 Å². The van der Waals surface area contributed by atoms with E-state index < -0.39 is 0 Å². The normalized spacial score (nSPS) is 14.0. The molecule has 0 saturated heterocycles. The molecule has 1 N–H and O–H groups in total. The van der Waals surface area contributed by atoms with Crippen molar-refractivity contribution in [2.45, 2.75) is 19.8 Å². The molecular weight excluding hydrogens is 190 g/mol. The topological polar surface area (TPSA) is 38.3 Å². The molecule has 80 valence electrons. The van der Waals surface area contributed by atoms with E-state index >= 15 is 0 Å². The summed E-state index contributed by atoms with van der Waals surface area (Å²) in [7, 11) is 1.42. The quantitative estimate of drug-likeness (QED) is 0.714. The molecule has 0 radical (unpaired) electrons. The Hall–Kier alpha value is -1.51. The number of rotatable bonds is 1. The molecule has 1 aliphatic heterocycles. The van der Waals surface area contributed by atoms with Crippen molar-refractivity contribution in [1.29, 1.82) is 0 Å². The number of hydrogen-bond acceptors (Lipinski definition) is 3. The third kappa shape index (κ3) is 1.82. The standard InChI is InChI=1S/C12H15NO2/c1-8-6-10(12(14)15-2)9-4-3-5-13-11(9)7-8/h6-7,13H,3-5H2,1-2H3. The molecular formula is C12H15NO2. The Morgan fingerprint density at radius 3 is 3.00 bits per heavy atom. The number of anilines is 1. The van der Waals surface area contributed by atoms with Crippen molar-refractivity contribution in [1.82, 2.24) is 0 Å². The van der Waals surface area contributed by atoms with E-state index in [1.807, 2.05) is 13.0 Å². The fraction of sp³-hybridized carbons (Fsp3) is 0.417. The van der Waals surface area contributed by atoms with Crippen LogP contribution in [0.2, 0.25) is 0 Å². The zero-order valence-corrected chi connectivity index (χ0v) is 9.09. The molecule has 0 aromatic heterocycles. The summed E-state index contributed by atoms with van der Waals surface area (Å²) in [6.07, 6.45) is 2.02. The molecule has 0 unspecified atom stereocenters.